The average molecular weight is 432 g/mol. The maximum Gasteiger partial charge on any atom is 0.292 e. The summed E-state index contributed by atoms with van der Waals surface area (Å²) in [5.41, 5.74) is 2.17. The molecule has 4 rings (SSSR count). The predicted octanol–water partition coefficient (Wildman–Crippen LogP) is 4.66. The van der Waals surface area contributed by atoms with E-state index < -0.39 is 5.79 Å². The van der Waals surface area contributed by atoms with Crippen LogP contribution in [0.1, 0.15) is 37.3 Å². The van der Waals surface area contributed by atoms with Gasteiger partial charge >= 0.3 is 0 Å². The molecule has 30 heavy (non-hydrogen) atoms. The van der Waals surface area contributed by atoms with Crippen LogP contribution in [-0.2, 0) is 26.6 Å². The van der Waals surface area contributed by atoms with Crippen molar-refractivity contribution in [2.45, 2.75) is 38.5 Å². The molecule has 0 atom stereocenters. The number of para-hydroxylation sites is 1. The molecule has 1 spiro atoms. The number of ether oxygens (including phenoxy) is 4. The molecule has 2 aromatic rings. The molecule has 2 heterocycles. The van der Waals surface area contributed by atoms with Crippen LogP contribution >= 0.6 is 11.6 Å². The van der Waals surface area contributed by atoms with Crippen molar-refractivity contribution >= 4 is 23.2 Å². The molecule has 6 nitrogen and oxygen atoms in total. The van der Waals surface area contributed by atoms with Gasteiger partial charge in [-0.1, -0.05) is 49.6 Å². The Morgan fingerprint density at radius 1 is 1.13 bits per heavy atom. The van der Waals surface area contributed by atoms with E-state index in [2.05, 4.69) is 6.92 Å². The maximum absolute atomic E-state index is 13.3. The first kappa shape index (κ1) is 21.0. The summed E-state index contributed by atoms with van der Waals surface area (Å²) >= 11 is 6.47. The molecule has 0 aromatic heterocycles. The quantitative estimate of drug-likeness (QED) is 0.569. The minimum atomic E-state index is -1.40. The average Bonchev–Trinajstić information content (AvgIpc) is 3.34. The van der Waals surface area contributed by atoms with Gasteiger partial charge in [0.15, 0.2) is 11.5 Å². The molecule has 1 amide bonds. The highest BCUT2D eigenvalue weighted by atomic mass is 35.5. The van der Waals surface area contributed by atoms with E-state index in [0.717, 1.165) is 24.8 Å². The first-order chi connectivity index (χ1) is 14.6. The lowest BCUT2D eigenvalue weighted by Gasteiger charge is -2.22. The van der Waals surface area contributed by atoms with Gasteiger partial charge in [0.05, 0.1) is 44.2 Å². The largest absolute Gasteiger partial charge is 0.493 e. The van der Waals surface area contributed by atoms with Crippen molar-refractivity contribution in [3.8, 4) is 11.5 Å². The number of nitrogens with zero attached hydrogens (tertiary/aromatic N) is 1. The zero-order valence-corrected chi connectivity index (χ0v) is 18.0. The van der Waals surface area contributed by atoms with E-state index in [1.165, 1.54) is 0 Å². The lowest BCUT2D eigenvalue weighted by Crippen LogP contribution is -2.40. The maximum atomic E-state index is 13.3. The van der Waals surface area contributed by atoms with Gasteiger partial charge in [-0.25, -0.2) is 0 Å². The van der Waals surface area contributed by atoms with Crippen molar-refractivity contribution in [1.29, 1.82) is 0 Å². The lowest BCUT2D eigenvalue weighted by atomic mass is 10.1. The lowest BCUT2D eigenvalue weighted by molar-refractivity contribution is -0.180. The predicted molar refractivity (Wildman–Crippen MR) is 114 cm³/mol. The van der Waals surface area contributed by atoms with Crippen LogP contribution in [-0.4, -0.2) is 32.8 Å². The van der Waals surface area contributed by atoms with Crippen molar-refractivity contribution in [3.63, 3.8) is 0 Å². The first-order valence-corrected chi connectivity index (χ1v) is 10.7. The highest BCUT2D eigenvalue weighted by Crippen LogP contribution is 2.49. The number of hydrogen-bond acceptors (Lipinski definition) is 5. The number of fused-ring (bicyclic) bond motifs is 2. The third-order valence-corrected chi connectivity index (χ3v) is 5.71. The Morgan fingerprint density at radius 2 is 1.93 bits per heavy atom. The summed E-state index contributed by atoms with van der Waals surface area (Å²) in [6.07, 6.45) is 3.27. The van der Waals surface area contributed by atoms with Crippen molar-refractivity contribution in [2.24, 2.45) is 0 Å². The minimum absolute atomic E-state index is 0.262. The fourth-order valence-electron chi connectivity index (χ4n) is 3.94. The van der Waals surface area contributed by atoms with Gasteiger partial charge in [0.2, 0.25) is 0 Å². The molecule has 0 aliphatic carbocycles. The fraction of sp³-hybridized carbons (Fsp3) is 0.435. The molecule has 2 aromatic carbocycles. The molecule has 0 unspecified atom stereocenters. The van der Waals surface area contributed by atoms with Crippen LogP contribution in [0.4, 0.5) is 5.69 Å². The van der Waals surface area contributed by atoms with Gasteiger partial charge in [-0.15, -0.1) is 0 Å². The van der Waals surface area contributed by atoms with Gasteiger partial charge in [0, 0.05) is 5.56 Å². The Hall–Kier alpha value is -2.28. The van der Waals surface area contributed by atoms with Gasteiger partial charge in [0.1, 0.15) is 0 Å². The van der Waals surface area contributed by atoms with E-state index in [1.807, 2.05) is 24.3 Å². The van der Waals surface area contributed by atoms with Gasteiger partial charge in [-0.3, -0.25) is 4.79 Å². The van der Waals surface area contributed by atoms with Crippen molar-refractivity contribution in [3.05, 3.63) is 52.5 Å². The fourth-order valence-corrected chi connectivity index (χ4v) is 4.21. The van der Waals surface area contributed by atoms with E-state index in [4.69, 9.17) is 30.5 Å². The molecule has 7 heteroatoms. The van der Waals surface area contributed by atoms with Gasteiger partial charge in [-0.05, 0) is 30.2 Å². The van der Waals surface area contributed by atoms with E-state index in [-0.39, 0.29) is 5.91 Å². The summed E-state index contributed by atoms with van der Waals surface area (Å²) in [6.45, 7) is 3.85. The van der Waals surface area contributed by atoms with Gasteiger partial charge in [-0.2, -0.15) is 0 Å². The summed E-state index contributed by atoms with van der Waals surface area (Å²) in [7, 11) is 1.61. The molecule has 2 aliphatic rings. The molecule has 0 radical (unpaired) electrons. The highest BCUT2D eigenvalue weighted by Gasteiger charge is 2.56. The Kier molecular flexibility index (Phi) is 6.18. The Bertz CT molecular complexity index is 926. The summed E-state index contributed by atoms with van der Waals surface area (Å²) in [4.78, 5) is 15.0. The number of methoxy groups -OCH3 is 1. The zero-order chi connectivity index (χ0) is 21.1. The number of amides is 1. The number of unbranched alkanes of at least 4 members (excludes halogenated alkanes) is 2. The minimum Gasteiger partial charge on any atom is -0.493 e. The number of halogens is 1. The van der Waals surface area contributed by atoms with E-state index in [9.17, 15) is 4.79 Å². The van der Waals surface area contributed by atoms with Crippen LogP contribution < -0.4 is 14.4 Å². The van der Waals surface area contributed by atoms with Crippen molar-refractivity contribution in [1.82, 2.24) is 0 Å². The topological polar surface area (TPSA) is 57.2 Å². The molecule has 0 saturated carbocycles. The van der Waals surface area contributed by atoms with Crippen LogP contribution in [0.2, 0.25) is 5.02 Å². The van der Waals surface area contributed by atoms with Gasteiger partial charge < -0.3 is 23.8 Å². The summed E-state index contributed by atoms with van der Waals surface area (Å²) in [6, 6.07) is 11.1. The second kappa shape index (κ2) is 8.84. The van der Waals surface area contributed by atoms with E-state index in [0.29, 0.717) is 54.1 Å². The second-order valence-corrected chi connectivity index (χ2v) is 7.79. The SMILES string of the molecule is CCCCCOc1ccc(CN2C(=O)C3(OCCO3)c3cccc(Cl)c32)cc1OC. The number of hydrogen-bond donors (Lipinski definition) is 0. The van der Waals surface area contributed by atoms with Crippen LogP contribution in [0.5, 0.6) is 11.5 Å². The molecule has 1 saturated heterocycles. The van der Waals surface area contributed by atoms with E-state index >= 15 is 0 Å². The number of benzene rings is 2. The monoisotopic (exact) mass is 431 g/mol. The number of carbonyl (C=O) groups is 1. The first-order valence-electron chi connectivity index (χ1n) is 10.3. The molecular weight excluding hydrogens is 406 g/mol. The van der Waals surface area contributed by atoms with Crippen LogP contribution in [0.15, 0.2) is 36.4 Å². The highest BCUT2D eigenvalue weighted by molar-refractivity contribution is 6.35. The molecular formula is C23H26ClNO5. The number of anilines is 1. The number of carbonyl (C=O) groups excluding carboxylic acids is 1. The van der Waals surface area contributed by atoms with Crippen LogP contribution in [0.3, 0.4) is 0 Å². The summed E-state index contributed by atoms with van der Waals surface area (Å²) in [5.74, 6) is -0.324. The molecule has 0 N–H and O–H groups in total. The second-order valence-electron chi connectivity index (χ2n) is 7.38. The Morgan fingerprint density at radius 3 is 2.67 bits per heavy atom. The normalized spacial score (nSPS) is 16.9. The number of rotatable bonds is 8. The van der Waals surface area contributed by atoms with Crippen LogP contribution in [0.25, 0.3) is 0 Å². The summed E-state index contributed by atoms with van der Waals surface area (Å²) < 4.78 is 22.9. The van der Waals surface area contributed by atoms with Crippen LogP contribution in [0, 0.1) is 0 Å². The third kappa shape index (κ3) is 3.64. The van der Waals surface area contributed by atoms with Crippen molar-refractivity contribution < 1.29 is 23.7 Å². The molecule has 1 fully saturated rings. The zero-order valence-electron chi connectivity index (χ0n) is 17.3. The standard InChI is InChI=1S/C23H26ClNO5/c1-3-4-5-11-28-19-10-9-16(14-20(19)27-2)15-25-21-17(7-6-8-18(21)24)23(22(25)26)29-12-13-30-23/h6-10,14H,3-5,11-13,15H2,1-2H3. The van der Waals surface area contributed by atoms with Gasteiger partial charge in [0.25, 0.3) is 11.7 Å². The smallest absolute Gasteiger partial charge is 0.292 e. The third-order valence-electron chi connectivity index (χ3n) is 5.41. The van der Waals surface area contributed by atoms with E-state index in [1.54, 1.807) is 24.1 Å². The summed E-state index contributed by atoms with van der Waals surface area (Å²) in [5, 5.41) is 0.486. The molecule has 2 aliphatic heterocycles. The van der Waals surface area contributed by atoms with Crippen molar-refractivity contribution in [2.75, 3.05) is 31.8 Å². The molecule has 0 bridgehead atoms. The molecule has 160 valence electrons. The Balaban J connectivity index is 1.59. The Labute approximate surface area is 181 Å².